The number of nitrogens with one attached hydrogen (secondary N) is 2. The van der Waals surface area contributed by atoms with Crippen molar-refractivity contribution < 1.29 is 14.5 Å². The lowest BCUT2D eigenvalue weighted by molar-refractivity contribution is -0.384. The van der Waals surface area contributed by atoms with E-state index >= 15 is 0 Å². The molecule has 0 atom stereocenters. The van der Waals surface area contributed by atoms with E-state index in [0.717, 1.165) is 5.56 Å². The van der Waals surface area contributed by atoms with Crippen molar-refractivity contribution >= 4 is 22.7 Å². The minimum Gasteiger partial charge on any atom is -0.465 e. The summed E-state index contributed by atoms with van der Waals surface area (Å²) in [7, 11) is 0. The highest BCUT2D eigenvalue weighted by molar-refractivity contribution is 5.80. The maximum atomic E-state index is 12.1. The minimum absolute atomic E-state index is 0.0551. The number of hydrogen-bond donors (Lipinski definition) is 2. The zero-order valence-corrected chi connectivity index (χ0v) is 16.2. The number of nitrogens with zero attached hydrogens (tertiary/aromatic N) is 2. The highest BCUT2D eigenvalue weighted by Crippen LogP contribution is 2.23. The van der Waals surface area contributed by atoms with E-state index in [2.05, 4.69) is 9.97 Å². The topological polar surface area (TPSA) is 138 Å². The number of carbonyl (C=O) groups is 1. The summed E-state index contributed by atoms with van der Waals surface area (Å²) >= 11 is 0. The number of carbonyl (C=O) groups excluding carboxylic acids is 1. The Bertz CT molecular complexity index is 1190. The molecule has 10 heteroatoms. The van der Waals surface area contributed by atoms with E-state index in [0.29, 0.717) is 12.1 Å². The molecule has 3 rings (SSSR count). The molecule has 0 unspecified atom stereocenters. The Hall–Kier alpha value is -3.79. The van der Waals surface area contributed by atoms with Crippen molar-refractivity contribution in [1.29, 1.82) is 0 Å². The van der Waals surface area contributed by atoms with Crippen LogP contribution in [-0.4, -0.2) is 38.9 Å². The van der Waals surface area contributed by atoms with Gasteiger partial charge in [-0.15, -0.1) is 0 Å². The van der Waals surface area contributed by atoms with E-state index in [-0.39, 0.29) is 36.4 Å². The number of fused-ring (bicyclic) bond motifs is 1. The largest absolute Gasteiger partial charge is 0.465 e. The van der Waals surface area contributed by atoms with Crippen LogP contribution in [0.25, 0.3) is 11.0 Å². The summed E-state index contributed by atoms with van der Waals surface area (Å²) in [5.74, 6) is -0.440. The number of rotatable bonds is 8. The molecule has 156 valence electrons. The number of non-ortho nitro benzene ring substituents is 1. The second-order valence-electron chi connectivity index (χ2n) is 6.63. The van der Waals surface area contributed by atoms with E-state index in [9.17, 15) is 24.5 Å². The first kappa shape index (κ1) is 20.9. The Morgan fingerprint density at radius 3 is 2.47 bits per heavy atom. The van der Waals surface area contributed by atoms with Crippen LogP contribution in [0.1, 0.15) is 18.1 Å². The normalized spacial score (nSPS) is 11.0. The molecule has 1 heterocycles. The van der Waals surface area contributed by atoms with E-state index in [1.807, 2.05) is 30.3 Å². The number of nitro groups is 1. The molecule has 0 spiro atoms. The van der Waals surface area contributed by atoms with Gasteiger partial charge in [0.15, 0.2) is 0 Å². The molecule has 30 heavy (non-hydrogen) atoms. The van der Waals surface area contributed by atoms with Gasteiger partial charge in [0.2, 0.25) is 0 Å². The SMILES string of the molecule is CCOC(=O)CN(Cc1ccccc1)Cc1cc([N+](=O)[O-])cc2[nH]c(=O)c(=O)[nH]c12. The van der Waals surface area contributed by atoms with E-state index in [1.54, 1.807) is 11.8 Å². The molecule has 3 aromatic rings. The van der Waals surface area contributed by atoms with Gasteiger partial charge in [-0.3, -0.25) is 29.4 Å². The smallest absolute Gasteiger partial charge is 0.320 e. The average molecular weight is 412 g/mol. The Balaban J connectivity index is 2.04. The number of ether oxygens (including phenoxy) is 1. The molecule has 1 aromatic heterocycles. The lowest BCUT2D eigenvalue weighted by Gasteiger charge is -2.22. The van der Waals surface area contributed by atoms with Gasteiger partial charge in [-0.25, -0.2) is 0 Å². The van der Waals surface area contributed by atoms with Crippen LogP contribution in [0.2, 0.25) is 0 Å². The molecule has 0 saturated heterocycles. The fraction of sp³-hybridized carbons (Fsp3) is 0.250. The highest BCUT2D eigenvalue weighted by Gasteiger charge is 2.19. The molecule has 0 aliphatic carbocycles. The molecular formula is C20H20N4O6. The minimum atomic E-state index is -0.901. The lowest BCUT2D eigenvalue weighted by atomic mass is 10.1. The number of nitro benzene ring substituents is 1. The zero-order chi connectivity index (χ0) is 21.7. The molecule has 0 amide bonds. The van der Waals surface area contributed by atoms with Gasteiger partial charge in [-0.2, -0.15) is 0 Å². The van der Waals surface area contributed by atoms with Crippen LogP contribution in [-0.2, 0) is 22.6 Å². The second-order valence-corrected chi connectivity index (χ2v) is 6.63. The first-order valence-electron chi connectivity index (χ1n) is 9.23. The molecule has 0 aliphatic heterocycles. The maximum absolute atomic E-state index is 12.1. The summed E-state index contributed by atoms with van der Waals surface area (Å²) < 4.78 is 5.04. The number of esters is 1. The van der Waals surface area contributed by atoms with Crippen molar-refractivity contribution in [2.75, 3.05) is 13.2 Å². The molecule has 0 saturated carbocycles. The van der Waals surface area contributed by atoms with E-state index in [1.165, 1.54) is 12.1 Å². The van der Waals surface area contributed by atoms with Crippen molar-refractivity contribution in [3.05, 3.63) is 84.4 Å². The Morgan fingerprint density at radius 1 is 1.10 bits per heavy atom. The summed E-state index contributed by atoms with van der Waals surface area (Å²) in [5, 5.41) is 11.3. The molecule has 0 bridgehead atoms. The van der Waals surface area contributed by atoms with Crippen LogP contribution in [0.5, 0.6) is 0 Å². The summed E-state index contributed by atoms with van der Waals surface area (Å²) in [4.78, 5) is 52.9. The fourth-order valence-electron chi connectivity index (χ4n) is 3.15. The summed E-state index contributed by atoms with van der Waals surface area (Å²) in [5.41, 5.74) is -0.270. The van der Waals surface area contributed by atoms with Crippen LogP contribution in [0.3, 0.4) is 0 Å². The van der Waals surface area contributed by atoms with Gasteiger partial charge in [0, 0.05) is 25.2 Å². The monoisotopic (exact) mass is 412 g/mol. The van der Waals surface area contributed by atoms with Gasteiger partial charge in [0.25, 0.3) is 5.69 Å². The van der Waals surface area contributed by atoms with Crippen LogP contribution in [0.4, 0.5) is 5.69 Å². The Morgan fingerprint density at radius 2 is 1.80 bits per heavy atom. The Kier molecular flexibility index (Phi) is 6.38. The summed E-state index contributed by atoms with van der Waals surface area (Å²) in [6.07, 6.45) is 0. The van der Waals surface area contributed by atoms with Crippen LogP contribution in [0, 0.1) is 10.1 Å². The third-order valence-electron chi connectivity index (χ3n) is 4.41. The third-order valence-corrected chi connectivity index (χ3v) is 4.41. The van der Waals surface area contributed by atoms with Crippen molar-refractivity contribution in [1.82, 2.24) is 14.9 Å². The van der Waals surface area contributed by atoms with Gasteiger partial charge in [0.05, 0.1) is 29.1 Å². The van der Waals surface area contributed by atoms with Crippen LogP contribution < -0.4 is 11.1 Å². The van der Waals surface area contributed by atoms with Gasteiger partial charge in [-0.1, -0.05) is 30.3 Å². The molecule has 2 aromatic carbocycles. The van der Waals surface area contributed by atoms with E-state index in [4.69, 9.17) is 4.74 Å². The predicted octanol–water partition coefficient (Wildman–Crippen LogP) is 1.69. The van der Waals surface area contributed by atoms with E-state index < -0.39 is 22.0 Å². The van der Waals surface area contributed by atoms with Crippen molar-refractivity contribution in [2.24, 2.45) is 0 Å². The highest BCUT2D eigenvalue weighted by atomic mass is 16.6. The predicted molar refractivity (Wildman–Crippen MR) is 109 cm³/mol. The standard InChI is InChI=1S/C20H20N4O6/c1-2-30-17(25)12-23(10-13-6-4-3-5-7-13)11-14-8-15(24(28)29)9-16-18(14)22-20(27)19(26)21-16/h3-9H,2,10-12H2,1H3,(H,21,26)(H,22,27). The number of aromatic amines is 2. The maximum Gasteiger partial charge on any atom is 0.320 e. The number of aromatic nitrogens is 2. The van der Waals surface area contributed by atoms with Crippen molar-refractivity contribution in [2.45, 2.75) is 20.0 Å². The molecule has 0 fully saturated rings. The van der Waals surface area contributed by atoms with Gasteiger partial charge < -0.3 is 14.7 Å². The van der Waals surface area contributed by atoms with Crippen LogP contribution >= 0.6 is 0 Å². The second kappa shape index (κ2) is 9.14. The number of H-pyrrole nitrogens is 2. The zero-order valence-electron chi connectivity index (χ0n) is 16.2. The molecule has 0 aliphatic rings. The Labute approximate surface area is 170 Å². The molecular weight excluding hydrogens is 392 g/mol. The molecule has 0 radical (unpaired) electrons. The van der Waals surface area contributed by atoms with Crippen molar-refractivity contribution in [3.63, 3.8) is 0 Å². The average Bonchev–Trinajstić information content (AvgIpc) is 2.70. The van der Waals surface area contributed by atoms with Crippen LogP contribution in [0.15, 0.2) is 52.1 Å². The third kappa shape index (κ3) is 4.97. The van der Waals surface area contributed by atoms with Gasteiger partial charge >= 0.3 is 17.1 Å². The number of benzene rings is 2. The van der Waals surface area contributed by atoms with Crippen molar-refractivity contribution in [3.8, 4) is 0 Å². The summed E-state index contributed by atoms with van der Waals surface area (Å²) in [6, 6.07) is 11.9. The first-order valence-corrected chi connectivity index (χ1v) is 9.23. The van der Waals surface area contributed by atoms with Gasteiger partial charge in [-0.05, 0) is 18.1 Å². The lowest BCUT2D eigenvalue weighted by Crippen LogP contribution is -2.32. The molecule has 2 N–H and O–H groups in total. The van der Waals surface area contributed by atoms with Gasteiger partial charge in [0.1, 0.15) is 0 Å². The number of hydrogen-bond acceptors (Lipinski definition) is 7. The molecule has 10 nitrogen and oxygen atoms in total. The first-order chi connectivity index (χ1) is 14.4. The fourth-order valence-corrected chi connectivity index (χ4v) is 3.15. The summed E-state index contributed by atoms with van der Waals surface area (Å²) in [6.45, 7) is 2.35. The quantitative estimate of drug-likeness (QED) is 0.248.